The minimum atomic E-state index is -4.26. The zero-order chi connectivity index (χ0) is 13.2. The number of alkyl halides is 3. The molecule has 1 aliphatic rings. The highest BCUT2D eigenvalue weighted by molar-refractivity contribution is 5.26. The summed E-state index contributed by atoms with van der Waals surface area (Å²) in [7, 11) is 0. The summed E-state index contributed by atoms with van der Waals surface area (Å²) in [5.41, 5.74) is 6.21. The van der Waals surface area contributed by atoms with E-state index in [1.807, 2.05) is 0 Å². The van der Waals surface area contributed by atoms with Gasteiger partial charge in [0.2, 0.25) is 0 Å². The lowest BCUT2D eigenvalue weighted by molar-refractivity contribution is -0.137. The van der Waals surface area contributed by atoms with Crippen molar-refractivity contribution in [1.29, 1.82) is 0 Å². The van der Waals surface area contributed by atoms with E-state index in [9.17, 15) is 13.2 Å². The van der Waals surface area contributed by atoms with Crippen LogP contribution in [0, 0.1) is 5.92 Å². The molecule has 1 fully saturated rings. The van der Waals surface area contributed by atoms with Gasteiger partial charge < -0.3 is 5.73 Å². The van der Waals surface area contributed by atoms with Crippen LogP contribution < -0.4 is 5.73 Å². The molecule has 0 heterocycles. The first-order valence-corrected chi connectivity index (χ1v) is 6.38. The van der Waals surface area contributed by atoms with Gasteiger partial charge in [-0.3, -0.25) is 0 Å². The number of halogens is 3. The summed E-state index contributed by atoms with van der Waals surface area (Å²) in [4.78, 5) is 0. The van der Waals surface area contributed by atoms with E-state index in [0.717, 1.165) is 37.3 Å². The standard InChI is InChI=1S/C14H18F3N/c15-14(16,17)12-6-3-4-10(9-12)8-11-5-1-2-7-13(11)18/h3-4,6,9,11,13H,1-2,5,7-8,18H2. The quantitative estimate of drug-likeness (QED) is 0.857. The van der Waals surface area contributed by atoms with Gasteiger partial charge in [0.1, 0.15) is 0 Å². The SMILES string of the molecule is NC1CCCCC1Cc1cccc(C(F)(F)F)c1. The average Bonchev–Trinajstić information content (AvgIpc) is 2.31. The molecular weight excluding hydrogens is 239 g/mol. The highest BCUT2D eigenvalue weighted by Gasteiger charge is 2.30. The average molecular weight is 257 g/mol. The van der Waals surface area contributed by atoms with Gasteiger partial charge in [-0.1, -0.05) is 31.0 Å². The summed E-state index contributed by atoms with van der Waals surface area (Å²) in [6, 6.07) is 5.74. The van der Waals surface area contributed by atoms with Gasteiger partial charge in [-0.15, -0.1) is 0 Å². The Morgan fingerprint density at radius 3 is 2.56 bits per heavy atom. The maximum atomic E-state index is 12.6. The second kappa shape index (κ2) is 5.31. The van der Waals surface area contributed by atoms with Crippen molar-refractivity contribution in [1.82, 2.24) is 0 Å². The Balaban J connectivity index is 2.09. The van der Waals surface area contributed by atoms with Gasteiger partial charge in [0.15, 0.2) is 0 Å². The van der Waals surface area contributed by atoms with Crippen molar-refractivity contribution >= 4 is 0 Å². The number of hydrogen-bond acceptors (Lipinski definition) is 1. The Hall–Kier alpha value is -1.03. The monoisotopic (exact) mass is 257 g/mol. The second-order valence-corrected chi connectivity index (χ2v) is 5.11. The Kier molecular flexibility index (Phi) is 3.95. The topological polar surface area (TPSA) is 26.0 Å². The molecule has 0 spiro atoms. The van der Waals surface area contributed by atoms with E-state index in [1.54, 1.807) is 6.07 Å². The highest BCUT2D eigenvalue weighted by Crippen LogP contribution is 2.31. The number of rotatable bonds is 2. The van der Waals surface area contributed by atoms with Crippen molar-refractivity contribution in [3.8, 4) is 0 Å². The van der Waals surface area contributed by atoms with Crippen LogP contribution in [0.3, 0.4) is 0 Å². The molecule has 2 rings (SSSR count). The first kappa shape index (κ1) is 13.4. The minimum Gasteiger partial charge on any atom is -0.327 e. The van der Waals surface area contributed by atoms with Crippen LogP contribution >= 0.6 is 0 Å². The molecule has 2 unspecified atom stereocenters. The molecule has 0 saturated heterocycles. The molecule has 0 radical (unpaired) electrons. The van der Waals surface area contributed by atoms with Crippen LogP contribution in [0.15, 0.2) is 24.3 Å². The van der Waals surface area contributed by atoms with Crippen molar-refractivity contribution in [2.45, 2.75) is 44.3 Å². The maximum absolute atomic E-state index is 12.6. The van der Waals surface area contributed by atoms with Gasteiger partial charge >= 0.3 is 6.18 Å². The molecule has 1 aromatic carbocycles. The lowest BCUT2D eigenvalue weighted by Gasteiger charge is -2.28. The Morgan fingerprint density at radius 2 is 1.89 bits per heavy atom. The third-order valence-electron chi connectivity index (χ3n) is 3.72. The summed E-state index contributed by atoms with van der Waals surface area (Å²) in [5, 5.41) is 0. The third kappa shape index (κ3) is 3.25. The van der Waals surface area contributed by atoms with E-state index in [-0.39, 0.29) is 6.04 Å². The molecule has 2 atom stereocenters. The van der Waals surface area contributed by atoms with E-state index in [1.165, 1.54) is 12.1 Å². The van der Waals surface area contributed by atoms with Crippen LogP contribution in [-0.4, -0.2) is 6.04 Å². The number of hydrogen-bond donors (Lipinski definition) is 1. The Bertz CT molecular complexity index is 400. The van der Waals surface area contributed by atoms with Crippen molar-refractivity contribution in [3.05, 3.63) is 35.4 Å². The van der Waals surface area contributed by atoms with Crippen LogP contribution in [0.25, 0.3) is 0 Å². The van der Waals surface area contributed by atoms with Gasteiger partial charge in [0.05, 0.1) is 5.56 Å². The van der Waals surface area contributed by atoms with Crippen LogP contribution in [-0.2, 0) is 12.6 Å². The maximum Gasteiger partial charge on any atom is 0.416 e. The summed E-state index contributed by atoms with van der Waals surface area (Å²) < 4.78 is 37.8. The Labute approximate surface area is 105 Å². The third-order valence-corrected chi connectivity index (χ3v) is 3.72. The van der Waals surface area contributed by atoms with E-state index < -0.39 is 11.7 Å². The van der Waals surface area contributed by atoms with Crippen LogP contribution in [0.5, 0.6) is 0 Å². The van der Waals surface area contributed by atoms with E-state index in [2.05, 4.69) is 0 Å². The van der Waals surface area contributed by atoms with Gasteiger partial charge in [0, 0.05) is 6.04 Å². The second-order valence-electron chi connectivity index (χ2n) is 5.11. The lowest BCUT2D eigenvalue weighted by Crippen LogP contribution is -2.34. The Morgan fingerprint density at radius 1 is 1.17 bits per heavy atom. The molecule has 4 heteroatoms. The first-order chi connectivity index (χ1) is 8.47. The van der Waals surface area contributed by atoms with Crippen molar-refractivity contribution in [2.24, 2.45) is 11.7 Å². The summed E-state index contributed by atoms with van der Waals surface area (Å²) in [6.07, 6.45) is 0.689. The smallest absolute Gasteiger partial charge is 0.327 e. The van der Waals surface area contributed by atoms with E-state index >= 15 is 0 Å². The normalized spacial score (nSPS) is 25.1. The fraction of sp³-hybridized carbons (Fsp3) is 0.571. The molecular formula is C14H18F3N. The van der Waals surface area contributed by atoms with Crippen LogP contribution in [0.1, 0.15) is 36.8 Å². The molecule has 1 aliphatic carbocycles. The summed E-state index contributed by atoms with van der Waals surface area (Å²) in [6.45, 7) is 0. The predicted molar refractivity (Wildman–Crippen MR) is 65.1 cm³/mol. The van der Waals surface area contributed by atoms with Crippen LogP contribution in [0.2, 0.25) is 0 Å². The molecule has 2 N–H and O–H groups in total. The van der Waals surface area contributed by atoms with Gasteiger partial charge in [-0.25, -0.2) is 0 Å². The highest BCUT2D eigenvalue weighted by atomic mass is 19.4. The number of nitrogens with two attached hydrogens (primary N) is 1. The zero-order valence-corrected chi connectivity index (χ0v) is 10.2. The van der Waals surface area contributed by atoms with Gasteiger partial charge in [0.25, 0.3) is 0 Å². The van der Waals surface area contributed by atoms with Gasteiger partial charge in [-0.2, -0.15) is 13.2 Å². The van der Waals surface area contributed by atoms with Crippen molar-refractivity contribution in [2.75, 3.05) is 0 Å². The van der Waals surface area contributed by atoms with Crippen molar-refractivity contribution < 1.29 is 13.2 Å². The fourth-order valence-corrected chi connectivity index (χ4v) is 2.67. The summed E-state index contributed by atoms with van der Waals surface area (Å²) >= 11 is 0. The molecule has 0 amide bonds. The van der Waals surface area contributed by atoms with Crippen LogP contribution in [0.4, 0.5) is 13.2 Å². The fourth-order valence-electron chi connectivity index (χ4n) is 2.67. The predicted octanol–water partition coefficient (Wildman–Crippen LogP) is 3.77. The van der Waals surface area contributed by atoms with E-state index in [4.69, 9.17) is 5.73 Å². The first-order valence-electron chi connectivity index (χ1n) is 6.38. The molecule has 1 saturated carbocycles. The van der Waals surface area contributed by atoms with Gasteiger partial charge in [-0.05, 0) is 36.8 Å². The van der Waals surface area contributed by atoms with Crippen molar-refractivity contribution in [3.63, 3.8) is 0 Å². The van der Waals surface area contributed by atoms with E-state index in [0.29, 0.717) is 12.3 Å². The largest absolute Gasteiger partial charge is 0.416 e. The molecule has 1 nitrogen and oxygen atoms in total. The molecule has 18 heavy (non-hydrogen) atoms. The summed E-state index contributed by atoms with van der Waals surface area (Å²) in [5.74, 6) is 0.322. The molecule has 0 bridgehead atoms. The zero-order valence-electron chi connectivity index (χ0n) is 10.2. The molecule has 0 aliphatic heterocycles. The lowest BCUT2D eigenvalue weighted by atomic mass is 9.81. The minimum absolute atomic E-state index is 0.133. The number of benzene rings is 1. The molecule has 100 valence electrons. The molecule has 1 aromatic rings. The molecule has 0 aromatic heterocycles.